The Morgan fingerprint density at radius 2 is 1.32 bits per heavy atom. The van der Waals surface area contributed by atoms with E-state index in [1.807, 2.05) is 0 Å². The van der Waals surface area contributed by atoms with E-state index >= 15 is 0 Å². The maximum atomic E-state index is 2.31. The van der Waals surface area contributed by atoms with Crippen LogP contribution < -0.4 is 0 Å². The lowest BCUT2D eigenvalue weighted by Gasteiger charge is -2.32. The van der Waals surface area contributed by atoms with Gasteiger partial charge in [0.05, 0.1) is 23.0 Å². The topological polar surface area (TPSA) is 0 Å². The summed E-state index contributed by atoms with van der Waals surface area (Å²) in [4.78, 5) is 0. The lowest BCUT2D eigenvalue weighted by atomic mass is 9.66. The van der Waals surface area contributed by atoms with E-state index in [2.05, 4.69) is 109 Å². The van der Waals surface area contributed by atoms with Crippen LogP contribution in [0.3, 0.4) is 0 Å². The van der Waals surface area contributed by atoms with Crippen molar-refractivity contribution in [1.82, 2.24) is 0 Å². The molecule has 3 aliphatic carbocycles. The fourth-order valence-electron chi connectivity index (χ4n) is 4.87. The quantitative estimate of drug-likeness (QED) is 0.388. The van der Waals surface area contributed by atoms with Gasteiger partial charge in [-0.15, -0.1) is 0 Å². The van der Waals surface area contributed by atoms with Gasteiger partial charge in [0.25, 0.3) is 0 Å². The van der Waals surface area contributed by atoms with Crippen molar-refractivity contribution in [2.45, 2.75) is 5.92 Å². The average Bonchev–Trinajstić information content (AvgIpc) is 2.76. The minimum atomic E-state index is 0.230. The second kappa shape index (κ2) is 6.00. The molecule has 0 heterocycles. The zero-order chi connectivity index (χ0) is 18.5. The van der Waals surface area contributed by atoms with Crippen LogP contribution in [-0.2, 0) is 0 Å². The summed E-state index contributed by atoms with van der Waals surface area (Å²) >= 11 is 0. The first-order valence-electron chi connectivity index (χ1n) is 9.84. The first-order valence-corrected chi connectivity index (χ1v) is 9.84. The van der Waals surface area contributed by atoms with Crippen LogP contribution >= 0.6 is 0 Å². The minimum absolute atomic E-state index is 0.230. The number of allylic oxidation sites excluding steroid dienone is 6. The van der Waals surface area contributed by atoms with Crippen molar-refractivity contribution in [2.24, 2.45) is 0 Å². The van der Waals surface area contributed by atoms with Gasteiger partial charge in [0, 0.05) is 28.9 Å². The molecule has 0 saturated carbocycles. The third kappa shape index (κ3) is 2.15. The van der Waals surface area contributed by atoms with Gasteiger partial charge in [-0.25, -0.2) is 0 Å². The standard InChI is InChI=1S/C28H19/c1-3-11-21-19(9-1)17-18-20-10-2-4-12-22(20)28-26-16-8-6-14-24(26)23-13-5-7-15-25(23)27(21)28/h1-18,27H/q+1/b18-17-. The zero-order valence-electron chi connectivity index (χ0n) is 15.5. The Labute approximate surface area is 165 Å². The summed E-state index contributed by atoms with van der Waals surface area (Å²) < 4.78 is 0. The molecule has 0 amide bonds. The van der Waals surface area contributed by atoms with Gasteiger partial charge in [-0.2, -0.15) is 0 Å². The second-order valence-corrected chi connectivity index (χ2v) is 7.53. The molecule has 0 radical (unpaired) electrons. The Hall–Kier alpha value is -3.51. The maximum Gasteiger partial charge on any atom is 0.0817 e. The molecule has 3 aliphatic rings. The van der Waals surface area contributed by atoms with Crippen molar-refractivity contribution in [3.05, 3.63) is 142 Å². The highest BCUT2D eigenvalue weighted by Crippen LogP contribution is 2.53. The molecule has 28 heavy (non-hydrogen) atoms. The molecular weight excluding hydrogens is 336 g/mol. The number of rotatable bonds is 0. The highest BCUT2D eigenvalue weighted by atomic mass is 14.4. The van der Waals surface area contributed by atoms with Crippen molar-refractivity contribution >= 4 is 17.7 Å². The summed E-state index contributed by atoms with van der Waals surface area (Å²) in [6.45, 7) is 0. The SMILES string of the molecule is C1=CC2=C3c4ccccc4/C=C\c4ccccc4C3c3ccccc3[C+]2C=C1. The Bertz CT molecular complexity index is 1220. The van der Waals surface area contributed by atoms with Crippen LogP contribution in [-0.4, -0.2) is 0 Å². The molecule has 0 spiro atoms. The van der Waals surface area contributed by atoms with Crippen LogP contribution in [0.25, 0.3) is 17.7 Å². The molecule has 0 N–H and O–H groups in total. The van der Waals surface area contributed by atoms with Crippen LogP contribution in [0.1, 0.15) is 39.3 Å². The van der Waals surface area contributed by atoms with Gasteiger partial charge < -0.3 is 0 Å². The molecule has 0 fully saturated rings. The number of benzene rings is 3. The fraction of sp³-hybridized carbons (Fsp3) is 0.0357. The smallest absolute Gasteiger partial charge is 0.0619 e. The van der Waals surface area contributed by atoms with E-state index in [4.69, 9.17) is 0 Å². The normalized spacial score (nSPS) is 19.6. The molecular formula is C28H19+. The van der Waals surface area contributed by atoms with Gasteiger partial charge in [0.1, 0.15) is 0 Å². The predicted octanol–water partition coefficient (Wildman–Crippen LogP) is 6.82. The average molecular weight is 355 g/mol. The summed E-state index contributed by atoms with van der Waals surface area (Å²) in [6, 6.07) is 26.5. The van der Waals surface area contributed by atoms with E-state index in [0.717, 1.165) is 0 Å². The van der Waals surface area contributed by atoms with Crippen LogP contribution in [0, 0.1) is 5.92 Å². The van der Waals surface area contributed by atoms with Gasteiger partial charge >= 0.3 is 0 Å². The summed E-state index contributed by atoms with van der Waals surface area (Å²) in [6.07, 6.45) is 13.4. The zero-order valence-corrected chi connectivity index (χ0v) is 15.5. The van der Waals surface area contributed by atoms with Gasteiger partial charge in [0.15, 0.2) is 0 Å². The van der Waals surface area contributed by atoms with Crippen molar-refractivity contribution in [2.75, 3.05) is 0 Å². The van der Waals surface area contributed by atoms with Gasteiger partial charge in [0.2, 0.25) is 0 Å². The van der Waals surface area contributed by atoms with Gasteiger partial charge in [-0.1, -0.05) is 54.6 Å². The summed E-state index contributed by atoms with van der Waals surface area (Å²) in [7, 11) is 0. The predicted molar refractivity (Wildman–Crippen MR) is 118 cm³/mol. The van der Waals surface area contributed by atoms with Crippen LogP contribution in [0.2, 0.25) is 0 Å². The third-order valence-corrected chi connectivity index (χ3v) is 6.07. The molecule has 0 bridgehead atoms. The molecule has 1 atom stereocenters. The van der Waals surface area contributed by atoms with Crippen LogP contribution in [0.15, 0.2) is 103 Å². The molecule has 130 valence electrons. The van der Waals surface area contributed by atoms with Gasteiger partial charge in [-0.05, 0) is 59.2 Å². The monoisotopic (exact) mass is 355 g/mol. The van der Waals surface area contributed by atoms with Crippen molar-refractivity contribution < 1.29 is 0 Å². The van der Waals surface area contributed by atoms with Crippen molar-refractivity contribution in [1.29, 1.82) is 0 Å². The molecule has 1 unspecified atom stereocenters. The summed E-state index contributed by atoms with van der Waals surface area (Å²) in [5.74, 6) is 1.56. The van der Waals surface area contributed by atoms with E-state index in [9.17, 15) is 0 Å². The molecule has 0 aromatic heterocycles. The Balaban J connectivity index is 1.79. The molecule has 0 saturated heterocycles. The number of hydrogen-bond donors (Lipinski definition) is 0. The van der Waals surface area contributed by atoms with Gasteiger partial charge in [-0.3, -0.25) is 0 Å². The second-order valence-electron chi connectivity index (χ2n) is 7.53. The molecule has 0 heteroatoms. The first kappa shape index (κ1) is 15.5. The minimum Gasteiger partial charge on any atom is -0.0619 e. The van der Waals surface area contributed by atoms with Crippen LogP contribution in [0.5, 0.6) is 0 Å². The molecule has 6 rings (SSSR count). The number of hydrogen-bond acceptors (Lipinski definition) is 0. The van der Waals surface area contributed by atoms with E-state index in [1.54, 1.807) is 0 Å². The lowest BCUT2D eigenvalue weighted by Crippen LogP contribution is -2.21. The lowest BCUT2D eigenvalue weighted by molar-refractivity contribution is 0.975. The Morgan fingerprint density at radius 1 is 0.607 bits per heavy atom. The van der Waals surface area contributed by atoms with Crippen LogP contribution in [0.4, 0.5) is 0 Å². The largest absolute Gasteiger partial charge is 0.0817 e. The summed E-state index contributed by atoms with van der Waals surface area (Å²) in [5.41, 5.74) is 10.8. The molecule has 3 aromatic carbocycles. The highest BCUT2D eigenvalue weighted by Gasteiger charge is 2.41. The molecule has 3 aromatic rings. The maximum absolute atomic E-state index is 2.31. The van der Waals surface area contributed by atoms with E-state index < -0.39 is 0 Å². The highest BCUT2D eigenvalue weighted by molar-refractivity contribution is 5.94. The Kier molecular flexibility index (Phi) is 3.33. The van der Waals surface area contributed by atoms with E-state index in [0.29, 0.717) is 0 Å². The fourth-order valence-corrected chi connectivity index (χ4v) is 4.87. The molecule has 0 nitrogen and oxygen atoms in total. The van der Waals surface area contributed by atoms with Crippen molar-refractivity contribution in [3.63, 3.8) is 0 Å². The van der Waals surface area contributed by atoms with E-state index in [-0.39, 0.29) is 5.92 Å². The van der Waals surface area contributed by atoms with E-state index in [1.165, 1.54) is 50.4 Å². The first-order chi connectivity index (χ1) is 13.9. The third-order valence-electron chi connectivity index (χ3n) is 6.07. The van der Waals surface area contributed by atoms with Crippen molar-refractivity contribution in [3.8, 4) is 0 Å². The molecule has 0 aliphatic heterocycles. The number of fused-ring (bicyclic) bond motifs is 9. The Morgan fingerprint density at radius 3 is 2.25 bits per heavy atom. The summed E-state index contributed by atoms with van der Waals surface area (Å²) in [5, 5.41) is 0.